The van der Waals surface area contributed by atoms with Crippen LogP contribution in [0.25, 0.3) is 17.0 Å². The lowest BCUT2D eigenvalue weighted by molar-refractivity contribution is 0.183. The third-order valence-corrected chi connectivity index (χ3v) is 5.66. The van der Waals surface area contributed by atoms with Gasteiger partial charge in [0.1, 0.15) is 5.82 Å². The Bertz CT molecular complexity index is 1140. The van der Waals surface area contributed by atoms with Crippen molar-refractivity contribution in [3.63, 3.8) is 0 Å². The van der Waals surface area contributed by atoms with Crippen LogP contribution in [0.2, 0.25) is 0 Å². The lowest BCUT2D eigenvalue weighted by Gasteiger charge is -2.30. The Morgan fingerprint density at radius 2 is 2.15 bits per heavy atom. The minimum Gasteiger partial charge on any atom is -0.404 e. The van der Waals surface area contributed by atoms with Crippen molar-refractivity contribution in [1.29, 1.82) is 0 Å². The fraction of sp³-hybridized carbons (Fsp3) is 0.348. The van der Waals surface area contributed by atoms with Gasteiger partial charge in [-0.3, -0.25) is 9.67 Å². The van der Waals surface area contributed by atoms with Gasteiger partial charge < -0.3 is 20.7 Å². The molecule has 0 aliphatic carbocycles. The van der Waals surface area contributed by atoms with Crippen molar-refractivity contribution >= 4 is 11.8 Å². The van der Waals surface area contributed by atoms with E-state index in [1.54, 1.807) is 24.2 Å². The van der Waals surface area contributed by atoms with Gasteiger partial charge in [0.2, 0.25) is 0 Å². The number of nitrogens with two attached hydrogens (primary N) is 2. The van der Waals surface area contributed by atoms with E-state index >= 15 is 0 Å². The molecule has 4 N–H and O–H groups in total. The average molecular weight is 451 g/mol. The summed E-state index contributed by atoms with van der Waals surface area (Å²) >= 11 is 0. The molecular weight excluding hydrogens is 420 g/mol. The fourth-order valence-corrected chi connectivity index (χ4v) is 3.27. The Kier molecular flexibility index (Phi) is 7.39. The molecule has 33 heavy (non-hydrogen) atoms. The number of allylic oxidation sites excluding steroid dienone is 1. The van der Waals surface area contributed by atoms with Crippen molar-refractivity contribution in [3.8, 4) is 11.5 Å². The van der Waals surface area contributed by atoms with Crippen molar-refractivity contribution in [2.75, 3.05) is 13.7 Å². The molecule has 0 bridgehead atoms. The maximum atomic E-state index is 5.73. The summed E-state index contributed by atoms with van der Waals surface area (Å²) in [5.74, 6) is 1.33. The number of aromatic nitrogens is 5. The van der Waals surface area contributed by atoms with E-state index in [0.29, 0.717) is 36.1 Å². The van der Waals surface area contributed by atoms with E-state index in [1.165, 1.54) is 12.4 Å². The van der Waals surface area contributed by atoms with Gasteiger partial charge in [-0.05, 0) is 24.5 Å². The standard InChI is InChI=1S/C23H30N8O2/c1-15(2)23(4,19-6-7-20(27-13-19)17(10-24)11-26-16(3)25)22-29-21(33-30-22)18-12-28-31(14-18)8-9-32-5/h6-7,10-15H,3,8-9,24-25H2,1-2,4-5H3/b17-10+,26-11?/t23-/m1/s1. The molecule has 0 radical (unpaired) electrons. The van der Waals surface area contributed by atoms with Gasteiger partial charge in [0, 0.05) is 37.5 Å². The number of rotatable bonds is 10. The summed E-state index contributed by atoms with van der Waals surface area (Å²) in [5, 5.41) is 8.62. The molecule has 0 spiro atoms. The Morgan fingerprint density at radius 3 is 2.76 bits per heavy atom. The molecule has 0 aliphatic rings. The minimum absolute atomic E-state index is 0.159. The second-order valence-corrected chi connectivity index (χ2v) is 8.07. The zero-order chi connectivity index (χ0) is 24.0. The van der Waals surface area contributed by atoms with Crippen LogP contribution in [0.3, 0.4) is 0 Å². The molecule has 0 amide bonds. The molecule has 10 nitrogen and oxygen atoms in total. The molecule has 3 aromatic heterocycles. The third kappa shape index (κ3) is 5.17. The van der Waals surface area contributed by atoms with Crippen molar-refractivity contribution in [2.24, 2.45) is 22.4 Å². The van der Waals surface area contributed by atoms with Gasteiger partial charge in [0.15, 0.2) is 5.82 Å². The second kappa shape index (κ2) is 10.2. The Labute approximate surface area is 193 Å². The molecule has 0 unspecified atom stereocenters. The van der Waals surface area contributed by atoms with Crippen LogP contribution in [0.5, 0.6) is 0 Å². The van der Waals surface area contributed by atoms with Crippen LogP contribution in [0.15, 0.2) is 58.8 Å². The highest BCUT2D eigenvalue weighted by molar-refractivity contribution is 6.09. The molecule has 3 heterocycles. The largest absolute Gasteiger partial charge is 0.404 e. The van der Waals surface area contributed by atoms with Crippen molar-refractivity contribution in [2.45, 2.75) is 32.7 Å². The van der Waals surface area contributed by atoms with Crippen LogP contribution in [-0.4, -0.2) is 44.8 Å². The van der Waals surface area contributed by atoms with Crippen molar-refractivity contribution in [1.82, 2.24) is 24.9 Å². The Hall–Kier alpha value is -3.79. The zero-order valence-corrected chi connectivity index (χ0v) is 19.4. The quantitative estimate of drug-likeness (QED) is 0.449. The lowest BCUT2D eigenvalue weighted by atomic mass is 9.73. The van der Waals surface area contributed by atoms with Gasteiger partial charge in [0.25, 0.3) is 5.89 Å². The van der Waals surface area contributed by atoms with E-state index < -0.39 is 5.41 Å². The second-order valence-electron chi connectivity index (χ2n) is 8.07. The molecular formula is C23H30N8O2. The average Bonchev–Trinajstić information content (AvgIpc) is 3.47. The number of ether oxygens (including phenoxy) is 1. The number of hydrogen-bond acceptors (Lipinski definition) is 9. The van der Waals surface area contributed by atoms with Crippen LogP contribution in [0.1, 0.15) is 37.9 Å². The van der Waals surface area contributed by atoms with Crippen LogP contribution < -0.4 is 11.5 Å². The summed E-state index contributed by atoms with van der Waals surface area (Å²) in [6.45, 7) is 11.1. The number of aliphatic imine (C=N–C) groups is 1. The molecule has 1 atom stereocenters. The Morgan fingerprint density at radius 1 is 1.36 bits per heavy atom. The van der Waals surface area contributed by atoms with Crippen molar-refractivity contribution in [3.05, 3.63) is 66.4 Å². The first-order valence-electron chi connectivity index (χ1n) is 10.5. The van der Waals surface area contributed by atoms with Gasteiger partial charge in [-0.1, -0.05) is 31.6 Å². The van der Waals surface area contributed by atoms with Crippen molar-refractivity contribution < 1.29 is 9.26 Å². The number of pyridine rings is 1. The van der Waals surface area contributed by atoms with E-state index in [1.807, 2.05) is 18.3 Å². The van der Waals surface area contributed by atoms with Gasteiger partial charge in [-0.25, -0.2) is 4.99 Å². The van der Waals surface area contributed by atoms with Gasteiger partial charge in [-0.15, -0.1) is 0 Å². The predicted molar refractivity (Wildman–Crippen MR) is 127 cm³/mol. The summed E-state index contributed by atoms with van der Waals surface area (Å²) in [7, 11) is 1.65. The molecule has 0 fully saturated rings. The molecule has 3 rings (SSSR count). The maximum Gasteiger partial charge on any atom is 0.261 e. The molecule has 0 aromatic carbocycles. The predicted octanol–water partition coefficient (Wildman–Crippen LogP) is 2.74. The Balaban J connectivity index is 1.90. The highest BCUT2D eigenvalue weighted by Gasteiger charge is 2.38. The summed E-state index contributed by atoms with van der Waals surface area (Å²) in [4.78, 5) is 13.3. The molecule has 174 valence electrons. The van der Waals surface area contributed by atoms with Crippen LogP contribution in [-0.2, 0) is 16.7 Å². The van der Waals surface area contributed by atoms with Gasteiger partial charge in [0.05, 0.1) is 36.0 Å². The van der Waals surface area contributed by atoms with Crippen LogP contribution in [0, 0.1) is 5.92 Å². The SMILES string of the molecule is C=C(N)N=C/C(=C\N)c1ccc([C@](C)(c2noc(-c3cnn(CCOC)c3)n2)C(C)C)cn1. The summed E-state index contributed by atoms with van der Waals surface area (Å²) in [6, 6.07) is 3.86. The summed E-state index contributed by atoms with van der Waals surface area (Å²) < 4.78 is 12.5. The van der Waals surface area contributed by atoms with E-state index in [2.05, 4.69) is 47.6 Å². The highest BCUT2D eigenvalue weighted by Crippen LogP contribution is 2.38. The topological polar surface area (TPSA) is 143 Å². The lowest BCUT2D eigenvalue weighted by Crippen LogP contribution is -2.31. The first-order chi connectivity index (χ1) is 15.8. The maximum absolute atomic E-state index is 5.73. The van der Waals surface area contributed by atoms with E-state index in [9.17, 15) is 0 Å². The number of nitrogens with zero attached hydrogens (tertiary/aromatic N) is 6. The van der Waals surface area contributed by atoms with E-state index in [4.69, 9.17) is 25.7 Å². The number of hydrogen-bond donors (Lipinski definition) is 2. The zero-order valence-electron chi connectivity index (χ0n) is 19.4. The molecule has 3 aromatic rings. The van der Waals surface area contributed by atoms with E-state index in [0.717, 1.165) is 11.1 Å². The monoisotopic (exact) mass is 450 g/mol. The van der Waals surface area contributed by atoms with Crippen LogP contribution >= 0.6 is 0 Å². The number of methoxy groups -OCH3 is 1. The van der Waals surface area contributed by atoms with Crippen LogP contribution in [0.4, 0.5) is 0 Å². The third-order valence-electron chi connectivity index (χ3n) is 5.66. The summed E-state index contributed by atoms with van der Waals surface area (Å²) in [6.07, 6.45) is 8.31. The smallest absolute Gasteiger partial charge is 0.261 e. The van der Waals surface area contributed by atoms with Gasteiger partial charge >= 0.3 is 0 Å². The first-order valence-corrected chi connectivity index (χ1v) is 10.5. The highest BCUT2D eigenvalue weighted by atomic mass is 16.5. The fourth-order valence-electron chi connectivity index (χ4n) is 3.27. The molecule has 0 saturated heterocycles. The first kappa shape index (κ1) is 23.9. The molecule has 10 heteroatoms. The summed E-state index contributed by atoms with van der Waals surface area (Å²) in [5.41, 5.74) is 13.7. The molecule has 0 saturated carbocycles. The molecule has 0 aliphatic heterocycles. The minimum atomic E-state index is -0.536. The normalized spacial score (nSPS) is 14.2. The van der Waals surface area contributed by atoms with Gasteiger partial charge in [-0.2, -0.15) is 10.1 Å². The van der Waals surface area contributed by atoms with E-state index in [-0.39, 0.29) is 11.7 Å².